The zero-order chi connectivity index (χ0) is 17.7. The maximum absolute atomic E-state index is 12.9. The highest BCUT2D eigenvalue weighted by Crippen LogP contribution is 2.19. The molecule has 0 bridgehead atoms. The van der Waals surface area contributed by atoms with E-state index >= 15 is 0 Å². The van der Waals surface area contributed by atoms with Gasteiger partial charge >= 0.3 is 5.97 Å². The summed E-state index contributed by atoms with van der Waals surface area (Å²) in [6.45, 7) is 3.77. The summed E-state index contributed by atoms with van der Waals surface area (Å²) in [6.07, 6.45) is 1.59. The monoisotopic (exact) mass is 334 g/mol. The van der Waals surface area contributed by atoms with Crippen LogP contribution in [0.5, 0.6) is 0 Å². The van der Waals surface area contributed by atoms with Crippen LogP contribution in [0.3, 0.4) is 0 Å². The van der Waals surface area contributed by atoms with Crippen LogP contribution in [-0.4, -0.2) is 28.0 Å². The second kappa shape index (κ2) is 7.72. The minimum atomic E-state index is -1.07. The highest BCUT2D eigenvalue weighted by atomic mass is 19.1. The Morgan fingerprint density at radius 3 is 2.54 bits per heavy atom. The number of benzene rings is 1. The quantitative estimate of drug-likeness (QED) is 0.812. The molecule has 1 heterocycles. The molecule has 0 saturated heterocycles. The van der Waals surface area contributed by atoms with Crippen LogP contribution >= 0.6 is 0 Å². The van der Waals surface area contributed by atoms with Gasteiger partial charge in [-0.3, -0.25) is 4.79 Å². The topological polar surface area (TPSA) is 92.4 Å². The molecule has 2 aromatic rings. The SMILES string of the molecule is CC(C)C[C@H](NC(=O)Cc1coc(-c2ccc(F)cc2)n1)C(=O)O. The molecule has 0 radical (unpaired) electrons. The number of hydrogen-bond acceptors (Lipinski definition) is 4. The lowest BCUT2D eigenvalue weighted by Crippen LogP contribution is -2.42. The molecule has 1 amide bonds. The minimum absolute atomic E-state index is 0.0907. The Kier molecular flexibility index (Phi) is 5.68. The predicted octanol–water partition coefficient (Wildman–Crippen LogP) is 2.64. The van der Waals surface area contributed by atoms with Crippen molar-refractivity contribution in [3.8, 4) is 11.5 Å². The summed E-state index contributed by atoms with van der Waals surface area (Å²) in [7, 11) is 0. The second-order valence-electron chi connectivity index (χ2n) is 5.92. The van der Waals surface area contributed by atoms with E-state index in [4.69, 9.17) is 9.52 Å². The largest absolute Gasteiger partial charge is 0.480 e. The minimum Gasteiger partial charge on any atom is -0.480 e. The van der Waals surface area contributed by atoms with Gasteiger partial charge in [0.25, 0.3) is 0 Å². The fraction of sp³-hybridized carbons (Fsp3) is 0.353. The van der Waals surface area contributed by atoms with Crippen LogP contribution in [0, 0.1) is 11.7 Å². The Hall–Kier alpha value is -2.70. The van der Waals surface area contributed by atoms with Gasteiger partial charge in [-0.15, -0.1) is 0 Å². The zero-order valence-corrected chi connectivity index (χ0v) is 13.5. The second-order valence-corrected chi connectivity index (χ2v) is 5.92. The molecule has 0 unspecified atom stereocenters. The summed E-state index contributed by atoms with van der Waals surface area (Å²) in [5.41, 5.74) is 0.965. The average molecular weight is 334 g/mol. The number of halogens is 1. The van der Waals surface area contributed by atoms with Gasteiger partial charge in [-0.05, 0) is 36.6 Å². The zero-order valence-electron chi connectivity index (χ0n) is 13.5. The molecule has 0 saturated carbocycles. The van der Waals surface area contributed by atoms with Crippen molar-refractivity contribution in [2.45, 2.75) is 32.7 Å². The van der Waals surface area contributed by atoms with Crippen LogP contribution in [0.1, 0.15) is 26.0 Å². The lowest BCUT2D eigenvalue weighted by molar-refractivity contribution is -0.142. The maximum atomic E-state index is 12.9. The molecular formula is C17H19FN2O4. The van der Waals surface area contributed by atoms with E-state index in [1.165, 1.54) is 30.5 Å². The third-order valence-corrected chi connectivity index (χ3v) is 3.33. The summed E-state index contributed by atoms with van der Waals surface area (Å²) < 4.78 is 18.2. The average Bonchev–Trinajstić information content (AvgIpc) is 2.95. The Bertz CT molecular complexity index is 710. The molecule has 0 aliphatic rings. The first kappa shape index (κ1) is 17.7. The molecule has 0 aliphatic heterocycles. The first-order chi connectivity index (χ1) is 11.3. The Balaban J connectivity index is 1.99. The van der Waals surface area contributed by atoms with Gasteiger partial charge in [0.1, 0.15) is 18.1 Å². The molecule has 24 heavy (non-hydrogen) atoms. The standard InChI is InChI=1S/C17H19FN2O4/c1-10(2)7-14(17(22)23)20-15(21)8-13-9-24-16(19-13)11-3-5-12(18)6-4-11/h3-6,9-10,14H,7-8H2,1-2H3,(H,20,21)(H,22,23)/t14-/m0/s1. The molecule has 6 nitrogen and oxygen atoms in total. The summed E-state index contributed by atoms with van der Waals surface area (Å²) in [5.74, 6) is -1.46. The number of carboxylic acid groups (broad SMARTS) is 1. The summed E-state index contributed by atoms with van der Waals surface area (Å²) in [5, 5.41) is 11.6. The van der Waals surface area contributed by atoms with E-state index in [0.717, 1.165) is 0 Å². The van der Waals surface area contributed by atoms with Crippen molar-refractivity contribution in [2.24, 2.45) is 5.92 Å². The van der Waals surface area contributed by atoms with Crippen LogP contribution in [0.2, 0.25) is 0 Å². The lowest BCUT2D eigenvalue weighted by Gasteiger charge is -2.15. The van der Waals surface area contributed by atoms with E-state index in [1.807, 2.05) is 13.8 Å². The van der Waals surface area contributed by atoms with Crippen LogP contribution in [0.25, 0.3) is 11.5 Å². The Morgan fingerprint density at radius 2 is 1.96 bits per heavy atom. The van der Waals surface area contributed by atoms with Gasteiger partial charge in [-0.25, -0.2) is 14.2 Å². The number of aromatic nitrogens is 1. The number of hydrogen-bond donors (Lipinski definition) is 2. The normalized spacial score (nSPS) is 12.2. The number of nitrogens with one attached hydrogen (secondary N) is 1. The third kappa shape index (κ3) is 4.91. The van der Waals surface area contributed by atoms with E-state index in [2.05, 4.69) is 10.3 Å². The highest BCUT2D eigenvalue weighted by Gasteiger charge is 2.21. The van der Waals surface area contributed by atoms with E-state index in [9.17, 15) is 14.0 Å². The van der Waals surface area contributed by atoms with E-state index in [-0.39, 0.29) is 24.0 Å². The van der Waals surface area contributed by atoms with Crippen LogP contribution in [-0.2, 0) is 16.0 Å². The maximum Gasteiger partial charge on any atom is 0.326 e. The molecule has 1 aromatic heterocycles. The number of nitrogens with zero attached hydrogens (tertiary/aromatic N) is 1. The van der Waals surface area contributed by atoms with Crippen molar-refractivity contribution >= 4 is 11.9 Å². The molecule has 1 aromatic carbocycles. The van der Waals surface area contributed by atoms with Crippen LogP contribution < -0.4 is 5.32 Å². The fourth-order valence-corrected chi connectivity index (χ4v) is 2.22. The summed E-state index contributed by atoms with van der Waals surface area (Å²) >= 11 is 0. The van der Waals surface area contributed by atoms with Crippen molar-refractivity contribution in [1.82, 2.24) is 10.3 Å². The molecule has 2 rings (SSSR count). The first-order valence-corrected chi connectivity index (χ1v) is 7.57. The number of amides is 1. The Labute approximate surface area is 138 Å². The van der Waals surface area contributed by atoms with Crippen molar-refractivity contribution in [3.05, 3.63) is 42.0 Å². The van der Waals surface area contributed by atoms with E-state index in [0.29, 0.717) is 17.7 Å². The molecule has 2 N–H and O–H groups in total. The Morgan fingerprint density at radius 1 is 1.29 bits per heavy atom. The van der Waals surface area contributed by atoms with Crippen LogP contribution in [0.15, 0.2) is 34.9 Å². The third-order valence-electron chi connectivity index (χ3n) is 3.33. The smallest absolute Gasteiger partial charge is 0.326 e. The molecule has 0 aliphatic carbocycles. The van der Waals surface area contributed by atoms with Crippen molar-refractivity contribution in [1.29, 1.82) is 0 Å². The van der Waals surface area contributed by atoms with Gasteiger partial charge in [-0.2, -0.15) is 0 Å². The van der Waals surface area contributed by atoms with Gasteiger partial charge < -0.3 is 14.8 Å². The summed E-state index contributed by atoms with van der Waals surface area (Å²) in [6, 6.07) is 4.69. The van der Waals surface area contributed by atoms with E-state index in [1.54, 1.807) is 0 Å². The number of oxazole rings is 1. The van der Waals surface area contributed by atoms with Gasteiger partial charge in [0.05, 0.1) is 12.1 Å². The molecule has 7 heteroatoms. The van der Waals surface area contributed by atoms with Gasteiger partial charge in [0.15, 0.2) is 0 Å². The lowest BCUT2D eigenvalue weighted by atomic mass is 10.0. The van der Waals surface area contributed by atoms with Gasteiger partial charge in [0, 0.05) is 5.56 Å². The molecule has 1 atom stereocenters. The van der Waals surface area contributed by atoms with Crippen molar-refractivity contribution < 1.29 is 23.5 Å². The van der Waals surface area contributed by atoms with Crippen LogP contribution in [0.4, 0.5) is 4.39 Å². The molecule has 0 spiro atoms. The van der Waals surface area contributed by atoms with Crippen molar-refractivity contribution in [2.75, 3.05) is 0 Å². The molecular weight excluding hydrogens is 315 g/mol. The first-order valence-electron chi connectivity index (χ1n) is 7.57. The van der Waals surface area contributed by atoms with Gasteiger partial charge in [-0.1, -0.05) is 13.8 Å². The van der Waals surface area contributed by atoms with E-state index < -0.39 is 17.9 Å². The number of rotatable bonds is 7. The predicted molar refractivity (Wildman–Crippen MR) is 84.6 cm³/mol. The summed E-state index contributed by atoms with van der Waals surface area (Å²) in [4.78, 5) is 27.3. The number of carbonyl (C=O) groups is 2. The number of carbonyl (C=O) groups excluding carboxylic acids is 1. The molecule has 128 valence electrons. The highest BCUT2D eigenvalue weighted by molar-refractivity contribution is 5.84. The number of carboxylic acids is 1. The number of aliphatic carboxylic acids is 1. The van der Waals surface area contributed by atoms with Crippen molar-refractivity contribution in [3.63, 3.8) is 0 Å². The van der Waals surface area contributed by atoms with Gasteiger partial charge in [0.2, 0.25) is 11.8 Å². The fourth-order valence-electron chi connectivity index (χ4n) is 2.22. The molecule has 0 fully saturated rings.